The van der Waals surface area contributed by atoms with Crippen molar-refractivity contribution in [3.63, 3.8) is 0 Å². The van der Waals surface area contributed by atoms with Crippen molar-refractivity contribution >= 4 is 44.3 Å². The highest BCUT2D eigenvalue weighted by atomic mass is 35.5. The van der Waals surface area contributed by atoms with Crippen LogP contribution in [0.25, 0.3) is 0 Å². The molecule has 1 aliphatic carbocycles. The first-order chi connectivity index (χ1) is 12.3. The lowest BCUT2D eigenvalue weighted by atomic mass is 9.87. The van der Waals surface area contributed by atoms with Crippen molar-refractivity contribution in [2.24, 2.45) is 11.8 Å². The smallest absolute Gasteiger partial charge is 0.325 e. The van der Waals surface area contributed by atoms with E-state index in [0.29, 0.717) is 0 Å². The Morgan fingerprint density at radius 1 is 1.26 bits per heavy atom. The fraction of sp³-hybridized carbons (Fsp3) is 0.556. The fourth-order valence-corrected chi connectivity index (χ4v) is 3.45. The molecule has 150 valence electrons. The van der Waals surface area contributed by atoms with Gasteiger partial charge in [0.05, 0.1) is 22.4 Å². The molecule has 2 atom stereocenters. The molecule has 0 saturated carbocycles. The van der Waals surface area contributed by atoms with E-state index < -0.39 is 45.3 Å². The van der Waals surface area contributed by atoms with Crippen LogP contribution in [0.4, 0.5) is 0 Å². The van der Waals surface area contributed by atoms with Crippen molar-refractivity contribution < 1.29 is 32.3 Å². The second-order valence-corrected chi connectivity index (χ2v) is 8.29. The van der Waals surface area contributed by atoms with Crippen molar-refractivity contribution in [3.05, 3.63) is 22.4 Å². The van der Waals surface area contributed by atoms with Crippen molar-refractivity contribution in [1.29, 1.82) is 0 Å². The molecule has 7 nitrogen and oxygen atoms in total. The van der Waals surface area contributed by atoms with Gasteiger partial charge >= 0.3 is 5.97 Å². The van der Waals surface area contributed by atoms with Crippen molar-refractivity contribution in [1.82, 2.24) is 0 Å². The maximum absolute atomic E-state index is 12.9. The normalized spacial score (nSPS) is 18.6. The number of halogens is 1. The molecule has 0 aromatic rings. The second kappa shape index (κ2) is 8.84. The zero-order valence-corrected chi connectivity index (χ0v) is 17.7. The van der Waals surface area contributed by atoms with Crippen LogP contribution in [0.15, 0.2) is 22.4 Å². The van der Waals surface area contributed by atoms with Gasteiger partial charge in [-0.15, -0.1) is 0 Å². The van der Waals surface area contributed by atoms with Gasteiger partial charge in [-0.1, -0.05) is 18.5 Å². The molecule has 0 spiro atoms. The number of allylic oxidation sites excluding steroid dienone is 4. The Bertz CT molecular complexity index is 849. The number of hydrogen-bond donors (Lipinski definition) is 0. The minimum absolute atomic E-state index is 0.0932. The van der Waals surface area contributed by atoms with Crippen molar-refractivity contribution in [3.8, 4) is 0 Å². The number of rotatable bonds is 6. The van der Waals surface area contributed by atoms with E-state index in [9.17, 15) is 22.8 Å². The third-order valence-corrected chi connectivity index (χ3v) is 4.87. The molecule has 0 saturated heterocycles. The molecule has 1 rings (SSSR count). The molecule has 0 bridgehead atoms. The number of hydrogen-bond acceptors (Lipinski definition) is 7. The van der Waals surface area contributed by atoms with Gasteiger partial charge in [0.1, 0.15) is 11.4 Å². The predicted octanol–water partition coefficient (Wildman–Crippen LogP) is 2.22. The summed E-state index contributed by atoms with van der Waals surface area (Å²) in [6, 6.07) is 0. The zero-order valence-electron chi connectivity index (χ0n) is 16.1. The first-order valence-corrected chi connectivity index (χ1v) is 9.75. The summed E-state index contributed by atoms with van der Waals surface area (Å²) in [6.07, 6.45) is 1.07. The molecule has 0 N–H and O–H groups in total. The molecule has 0 radical (unpaired) electrons. The Hall–Kier alpha value is -1.93. The predicted molar refractivity (Wildman–Crippen MR) is 101 cm³/mol. The molecule has 2 unspecified atom stereocenters. The van der Waals surface area contributed by atoms with Gasteiger partial charge in [-0.25, -0.2) is 0 Å². The van der Waals surface area contributed by atoms with Gasteiger partial charge in [-0.05, 0) is 40.7 Å². The first kappa shape index (κ1) is 23.1. The van der Waals surface area contributed by atoms with E-state index >= 15 is 0 Å². The molecule has 0 aromatic heterocycles. The van der Waals surface area contributed by atoms with Crippen LogP contribution in [0, 0.1) is 11.8 Å². The third kappa shape index (κ3) is 5.52. The lowest BCUT2D eigenvalue weighted by Gasteiger charge is -2.25. The highest BCUT2D eigenvalue weighted by Crippen LogP contribution is 2.34. The van der Waals surface area contributed by atoms with E-state index in [0.717, 1.165) is 13.0 Å². The average Bonchev–Trinajstić information content (AvgIpc) is 2.48. The highest BCUT2D eigenvalue weighted by molar-refractivity contribution is 7.73. The largest absolute Gasteiger partial charge is 0.496 e. The molecule has 1 aliphatic rings. The Morgan fingerprint density at radius 2 is 1.81 bits per heavy atom. The number of ether oxygens (including phenoxy) is 2. The monoisotopic (exact) mass is 418 g/mol. The van der Waals surface area contributed by atoms with Crippen LogP contribution < -0.4 is 0 Å². The Kier molecular flexibility index (Phi) is 7.57. The minimum Gasteiger partial charge on any atom is -0.496 e. The minimum atomic E-state index is -2.64. The Labute approximate surface area is 164 Å². The molecular weight excluding hydrogens is 396 g/mol. The number of Topliss-reactive ketones (excluding diaryl/α,β-unsaturated/α-hetero) is 2. The van der Waals surface area contributed by atoms with Gasteiger partial charge in [0.2, 0.25) is 10.3 Å². The summed E-state index contributed by atoms with van der Waals surface area (Å²) in [7, 11) is -2.64. The average molecular weight is 419 g/mol. The van der Waals surface area contributed by atoms with E-state index in [4.69, 9.17) is 21.1 Å². The maximum atomic E-state index is 12.9. The number of carbonyl (C=O) groups excluding carboxylic acids is 3. The quantitative estimate of drug-likeness (QED) is 0.370. The van der Waals surface area contributed by atoms with E-state index in [-0.39, 0.29) is 27.8 Å². The van der Waals surface area contributed by atoms with Crippen LogP contribution in [0.2, 0.25) is 0 Å². The van der Waals surface area contributed by atoms with E-state index in [2.05, 4.69) is 0 Å². The summed E-state index contributed by atoms with van der Waals surface area (Å²) in [6.45, 7) is 9.31. The summed E-state index contributed by atoms with van der Waals surface area (Å²) in [5.74, 6) is -5.05. The summed E-state index contributed by atoms with van der Waals surface area (Å²) >= 11 is 6.26. The van der Waals surface area contributed by atoms with Gasteiger partial charge in [0.15, 0.2) is 17.5 Å². The van der Waals surface area contributed by atoms with E-state index in [1.165, 1.54) is 0 Å². The molecule has 9 heteroatoms. The first-order valence-electron chi connectivity index (χ1n) is 8.30. The van der Waals surface area contributed by atoms with Crippen LogP contribution in [-0.4, -0.2) is 43.0 Å². The molecule has 0 heterocycles. The summed E-state index contributed by atoms with van der Waals surface area (Å²) in [5.41, 5.74) is -1.19. The van der Waals surface area contributed by atoms with Crippen LogP contribution in [0.3, 0.4) is 0 Å². The Morgan fingerprint density at radius 3 is 2.22 bits per heavy atom. The molecular formula is C18H23ClO7S. The lowest BCUT2D eigenvalue weighted by molar-refractivity contribution is -0.163. The number of carbonyl (C=O) groups is 3. The lowest BCUT2D eigenvalue weighted by Crippen LogP contribution is -2.38. The SMILES string of the molecule is CCOC1=C(Cl)C(C(=O)C(C(C)=O)C(=O)OC(C)(C)C)=CC(=S(=O)=O)C1C. The summed E-state index contributed by atoms with van der Waals surface area (Å²) < 4.78 is 33.6. The second-order valence-electron chi connectivity index (χ2n) is 6.97. The highest BCUT2D eigenvalue weighted by Gasteiger charge is 2.40. The van der Waals surface area contributed by atoms with E-state index in [1.807, 2.05) is 0 Å². The van der Waals surface area contributed by atoms with Crippen LogP contribution >= 0.6 is 11.6 Å². The molecule has 0 fully saturated rings. The summed E-state index contributed by atoms with van der Waals surface area (Å²) in [5, 5.41) is -0.127. The number of ketones is 2. The van der Waals surface area contributed by atoms with E-state index in [1.54, 1.807) is 34.6 Å². The van der Waals surface area contributed by atoms with Crippen molar-refractivity contribution in [2.45, 2.75) is 47.1 Å². The molecule has 0 aromatic carbocycles. The van der Waals surface area contributed by atoms with Crippen molar-refractivity contribution in [2.75, 3.05) is 6.61 Å². The topological polar surface area (TPSA) is 104 Å². The number of esters is 1. The molecule has 27 heavy (non-hydrogen) atoms. The van der Waals surface area contributed by atoms with Gasteiger partial charge in [0.25, 0.3) is 0 Å². The van der Waals surface area contributed by atoms with Crippen LogP contribution in [-0.2, 0) is 34.2 Å². The zero-order chi connectivity index (χ0) is 21.1. The van der Waals surface area contributed by atoms with Gasteiger partial charge in [-0.3, -0.25) is 14.4 Å². The molecule has 0 amide bonds. The van der Waals surface area contributed by atoms with Gasteiger partial charge in [0, 0.05) is 5.57 Å². The van der Waals surface area contributed by atoms with Crippen LogP contribution in [0.1, 0.15) is 41.5 Å². The standard InChI is InChI=1S/C18H23ClO7S/c1-7-25-16-9(2)12(27(23)24)8-11(14(16)19)15(21)13(10(3)20)17(22)26-18(4,5)6/h8-9,13H,7H2,1-6H3. The van der Waals surface area contributed by atoms with Crippen LogP contribution in [0.5, 0.6) is 0 Å². The maximum Gasteiger partial charge on any atom is 0.325 e. The van der Waals surface area contributed by atoms with Gasteiger partial charge < -0.3 is 9.47 Å². The molecule has 0 aliphatic heterocycles. The fourth-order valence-electron chi connectivity index (χ4n) is 2.47. The third-order valence-electron chi connectivity index (χ3n) is 3.63. The summed E-state index contributed by atoms with van der Waals surface area (Å²) in [4.78, 5) is 37.1. The Balaban J connectivity index is 3.51. The van der Waals surface area contributed by atoms with Gasteiger partial charge in [-0.2, -0.15) is 8.42 Å².